The van der Waals surface area contributed by atoms with E-state index >= 15 is 0 Å². The molecule has 0 atom stereocenters. The Hall–Kier alpha value is -2.25. The average Bonchev–Trinajstić information content (AvgIpc) is 2.53. The van der Waals surface area contributed by atoms with Crippen LogP contribution in [-0.4, -0.2) is 14.2 Å². The molecular weight excluding hydrogens is 330 g/mol. The van der Waals surface area contributed by atoms with E-state index in [9.17, 15) is 5.26 Å². The predicted octanol–water partition coefficient (Wildman–Crippen LogP) is 4.53. The van der Waals surface area contributed by atoms with Crippen molar-refractivity contribution in [1.29, 1.82) is 5.26 Å². The van der Waals surface area contributed by atoms with E-state index in [1.807, 2.05) is 42.5 Å². The van der Waals surface area contributed by atoms with Gasteiger partial charge in [-0.25, -0.2) is 0 Å². The number of hydrogen-bond acceptors (Lipinski definition) is 3. The minimum absolute atomic E-state index is 0.550. The summed E-state index contributed by atoms with van der Waals surface area (Å²) < 4.78 is 11.5. The molecule has 0 amide bonds. The largest absolute Gasteiger partial charge is 0.497 e. The summed E-state index contributed by atoms with van der Waals surface area (Å²) in [5.41, 5.74) is 2.27. The van der Waals surface area contributed by atoms with Crippen LogP contribution in [0.2, 0.25) is 0 Å². The summed E-state index contributed by atoms with van der Waals surface area (Å²) in [7, 11) is 3.17. The molecule has 2 aromatic rings. The van der Waals surface area contributed by atoms with Gasteiger partial charge >= 0.3 is 0 Å². The lowest BCUT2D eigenvalue weighted by Crippen LogP contribution is -1.90. The fourth-order valence-electron chi connectivity index (χ4n) is 1.87. The Morgan fingerprint density at radius 1 is 1.05 bits per heavy atom. The molecule has 0 saturated heterocycles. The first-order chi connectivity index (χ1) is 10.2. The van der Waals surface area contributed by atoms with Crippen molar-refractivity contribution in [3.8, 4) is 17.6 Å². The topological polar surface area (TPSA) is 42.2 Å². The molecule has 2 aromatic carbocycles. The van der Waals surface area contributed by atoms with E-state index in [4.69, 9.17) is 9.47 Å². The highest BCUT2D eigenvalue weighted by molar-refractivity contribution is 9.10. The minimum Gasteiger partial charge on any atom is -0.497 e. The molecule has 0 aliphatic carbocycles. The number of rotatable bonds is 4. The van der Waals surface area contributed by atoms with Gasteiger partial charge in [0.2, 0.25) is 0 Å². The van der Waals surface area contributed by atoms with Gasteiger partial charge in [0, 0.05) is 10.5 Å². The van der Waals surface area contributed by atoms with Crippen LogP contribution in [0.1, 0.15) is 11.1 Å². The molecule has 0 unspecified atom stereocenters. The Morgan fingerprint density at radius 3 is 2.10 bits per heavy atom. The minimum atomic E-state index is 0.550. The monoisotopic (exact) mass is 343 g/mol. The lowest BCUT2D eigenvalue weighted by Gasteiger charge is -2.08. The molecule has 3 nitrogen and oxygen atoms in total. The van der Waals surface area contributed by atoms with Crippen LogP contribution in [0.5, 0.6) is 11.5 Å². The van der Waals surface area contributed by atoms with Crippen LogP contribution in [0, 0.1) is 11.3 Å². The van der Waals surface area contributed by atoms with E-state index in [1.165, 1.54) is 0 Å². The van der Waals surface area contributed by atoms with Crippen molar-refractivity contribution >= 4 is 27.6 Å². The number of nitrogens with zero attached hydrogens (tertiary/aromatic N) is 1. The van der Waals surface area contributed by atoms with Crippen LogP contribution in [0.3, 0.4) is 0 Å². The number of ether oxygens (including phenoxy) is 2. The van der Waals surface area contributed by atoms with E-state index < -0.39 is 0 Å². The first-order valence-electron chi connectivity index (χ1n) is 6.27. The second-order valence-electron chi connectivity index (χ2n) is 4.32. The fourth-order valence-corrected chi connectivity index (χ4v) is 2.13. The molecule has 0 saturated carbocycles. The quantitative estimate of drug-likeness (QED) is 0.604. The van der Waals surface area contributed by atoms with Crippen molar-refractivity contribution in [3.05, 3.63) is 58.1 Å². The molecule has 0 fully saturated rings. The van der Waals surface area contributed by atoms with Gasteiger partial charge < -0.3 is 9.47 Å². The van der Waals surface area contributed by atoms with E-state index in [1.54, 1.807) is 20.3 Å². The van der Waals surface area contributed by atoms with Gasteiger partial charge in [-0.1, -0.05) is 28.1 Å². The van der Waals surface area contributed by atoms with Gasteiger partial charge in [0.05, 0.1) is 25.9 Å². The number of methoxy groups -OCH3 is 2. The first kappa shape index (κ1) is 15.1. The molecule has 0 spiro atoms. The molecule has 0 N–H and O–H groups in total. The average molecular weight is 344 g/mol. The van der Waals surface area contributed by atoms with Crippen molar-refractivity contribution in [2.24, 2.45) is 0 Å². The lowest BCUT2D eigenvalue weighted by molar-refractivity contribution is 0.394. The molecule has 2 rings (SSSR count). The maximum atomic E-state index is 9.41. The van der Waals surface area contributed by atoms with Gasteiger partial charge in [-0.2, -0.15) is 5.26 Å². The normalized spacial score (nSPS) is 10.9. The summed E-state index contributed by atoms with van der Waals surface area (Å²) >= 11 is 3.39. The van der Waals surface area contributed by atoms with Crippen LogP contribution in [-0.2, 0) is 0 Å². The summed E-state index contributed by atoms with van der Waals surface area (Å²) in [4.78, 5) is 0. The Balaban J connectivity index is 2.46. The highest BCUT2D eigenvalue weighted by Crippen LogP contribution is 2.28. The van der Waals surface area contributed by atoms with Crippen LogP contribution in [0.4, 0.5) is 0 Å². The van der Waals surface area contributed by atoms with Gasteiger partial charge in [-0.15, -0.1) is 0 Å². The maximum Gasteiger partial charge on any atom is 0.123 e. The Bertz CT molecular complexity index is 677. The summed E-state index contributed by atoms with van der Waals surface area (Å²) in [6.07, 6.45) is 1.83. The summed E-state index contributed by atoms with van der Waals surface area (Å²) in [5, 5.41) is 9.41. The molecule has 106 valence electrons. The van der Waals surface area contributed by atoms with Crippen molar-refractivity contribution in [2.75, 3.05) is 14.2 Å². The fraction of sp³-hybridized carbons (Fsp3) is 0.118. The Morgan fingerprint density at radius 2 is 1.62 bits per heavy atom. The molecule has 0 aliphatic rings. The molecular formula is C17H14BrNO2. The standard InChI is InChI=1S/C17H14BrNO2/c1-20-16-8-13(9-17(10-16)21-2)14(11-19)7-12-3-5-15(18)6-4-12/h3-10H,1-2H3/b14-7+. The van der Waals surface area contributed by atoms with Crippen molar-refractivity contribution in [3.63, 3.8) is 0 Å². The first-order valence-corrected chi connectivity index (χ1v) is 7.06. The summed E-state index contributed by atoms with van der Waals surface area (Å²) in [6, 6.07) is 15.4. The van der Waals surface area contributed by atoms with E-state index in [2.05, 4.69) is 22.0 Å². The molecule has 21 heavy (non-hydrogen) atoms. The molecule has 0 bridgehead atoms. The zero-order valence-electron chi connectivity index (χ0n) is 11.8. The van der Waals surface area contributed by atoms with Crippen molar-refractivity contribution in [1.82, 2.24) is 0 Å². The lowest BCUT2D eigenvalue weighted by atomic mass is 10.0. The SMILES string of the molecule is COc1cc(OC)cc(/C(C#N)=C/c2ccc(Br)cc2)c1. The molecule has 0 heterocycles. The third kappa shape index (κ3) is 3.87. The van der Waals surface area contributed by atoms with Crippen LogP contribution >= 0.6 is 15.9 Å². The van der Waals surface area contributed by atoms with Crippen molar-refractivity contribution in [2.45, 2.75) is 0 Å². The summed E-state index contributed by atoms with van der Waals surface area (Å²) in [6.45, 7) is 0. The highest BCUT2D eigenvalue weighted by atomic mass is 79.9. The van der Waals surface area contributed by atoms with Crippen LogP contribution in [0.25, 0.3) is 11.6 Å². The van der Waals surface area contributed by atoms with Gasteiger partial charge in [0.15, 0.2) is 0 Å². The number of nitriles is 1. The van der Waals surface area contributed by atoms with Gasteiger partial charge in [0.25, 0.3) is 0 Å². The molecule has 0 aromatic heterocycles. The third-order valence-electron chi connectivity index (χ3n) is 2.96. The number of hydrogen-bond donors (Lipinski definition) is 0. The summed E-state index contributed by atoms with van der Waals surface area (Å²) in [5.74, 6) is 1.31. The second-order valence-corrected chi connectivity index (χ2v) is 5.24. The van der Waals surface area contributed by atoms with Crippen molar-refractivity contribution < 1.29 is 9.47 Å². The van der Waals surface area contributed by atoms with Gasteiger partial charge in [-0.3, -0.25) is 0 Å². The molecule has 4 heteroatoms. The van der Waals surface area contributed by atoms with Gasteiger partial charge in [0.1, 0.15) is 11.5 Å². The Kier molecular flexibility index (Phi) is 5.02. The van der Waals surface area contributed by atoms with Gasteiger partial charge in [-0.05, 0) is 41.5 Å². The second kappa shape index (κ2) is 6.96. The molecule has 0 aliphatic heterocycles. The zero-order chi connectivity index (χ0) is 15.2. The molecule has 0 radical (unpaired) electrons. The van der Waals surface area contributed by atoms with Crippen LogP contribution in [0.15, 0.2) is 46.9 Å². The van der Waals surface area contributed by atoms with E-state index in [0.717, 1.165) is 15.6 Å². The van der Waals surface area contributed by atoms with E-state index in [0.29, 0.717) is 17.1 Å². The third-order valence-corrected chi connectivity index (χ3v) is 3.49. The number of benzene rings is 2. The predicted molar refractivity (Wildman–Crippen MR) is 87.2 cm³/mol. The number of allylic oxidation sites excluding steroid dienone is 1. The smallest absolute Gasteiger partial charge is 0.123 e. The van der Waals surface area contributed by atoms with Crippen LogP contribution < -0.4 is 9.47 Å². The number of halogens is 1. The highest BCUT2D eigenvalue weighted by Gasteiger charge is 2.06. The Labute approximate surface area is 132 Å². The zero-order valence-corrected chi connectivity index (χ0v) is 13.3. The van der Waals surface area contributed by atoms with E-state index in [-0.39, 0.29) is 0 Å². The maximum absolute atomic E-state index is 9.41.